The minimum absolute atomic E-state index is 0.104. The number of benzene rings is 1. The van der Waals surface area contributed by atoms with E-state index in [9.17, 15) is 15.4 Å². The summed E-state index contributed by atoms with van der Waals surface area (Å²) in [4.78, 5) is 14.6. The largest absolute Gasteiger partial charge is 0.455 e. The Kier molecular flexibility index (Phi) is 6.41. The van der Waals surface area contributed by atoms with Gasteiger partial charge in [-0.3, -0.25) is 15.5 Å². The minimum atomic E-state index is -0.519. The van der Waals surface area contributed by atoms with Gasteiger partial charge < -0.3 is 9.15 Å². The predicted molar refractivity (Wildman–Crippen MR) is 111 cm³/mol. The van der Waals surface area contributed by atoms with Crippen LogP contribution in [0.15, 0.2) is 45.9 Å². The van der Waals surface area contributed by atoms with Gasteiger partial charge in [0, 0.05) is 36.1 Å². The molecule has 30 heavy (non-hydrogen) atoms. The van der Waals surface area contributed by atoms with Crippen molar-refractivity contribution in [3.8, 4) is 17.4 Å². The zero-order chi connectivity index (χ0) is 21.7. The molecule has 0 unspecified atom stereocenters. The molecule has 2 heterocycles. The van der Waals surface area contributed by atoms with Crippen molar-refractivity contribution in [3.05, 3.63) is 74.1 Å². The first-order valence-electron chi connectivity index (χ1n) is 8.65. The number of pyridine rings is 1. The summed E-state index contributed by atoms with van der Waals surface area (Å²) in [7, 11) is 1.55. The molecule has 0 amide bonds. The van der Waals surface area contributed by atoms with E-state index >= 15 is 0 Å². The predicted octanol–water partition coefficient (Wildman–Crippen LogP) is 4.68. The number of anilines is 1. The number of nitrogens with one attached hydrogen (secondary N) is 1. The summed E-state index contributed by atoms with van der Waals surface area (Å²) >= 11 is 6.13. The molecule has 0 radical (unpaired) electrons. The Morgan fingerprint density at radius 2 is 2.20 bits per heavy atom. The number of furan rings is 1. The van der Waals surface area contributed by atoms with Crippen LogP contribution in [0.2, 0.25) is 5.02 Å². The molecule has 0 aliphatic heterocycles. The van der Waals surface area contributed by atoms with Crippen molar-refractivity contribution < 1.29 is 14.1 Å². The van der Waals surface area contributed by atoms with Crippen molar-refractivity contribution in [1.82, 2.24) is 4.98 Å². The summed E-state index contributed by atoms with van der Waals surface area (Å²) < 4.78 is 10.8. The number of ether oxygens (including phenoxy) is 1. The Hall–Kier alpha value is -3.74. The summed E-state index contributed by atoms with van der Waals surface area (Å²) in [6.07, 6.45) is 1.42. The highest BCUT2D eigenvalue weighted by Gasteiger charge is 2.14. The first kappa shape index (κ1) is 21.0. The number of hydrogen-bond donors (Lipinski definition) is 1. The van der Waals surface area contributed by atoms with Crippen LogP contribution in [-0.2, 0) is 11.3 Å². The molecule has 1 N–H and O–H groups in total. The van der Waals surface area contributed by atoms with Crippen molar-refractivity contribution in [1.29, 1.82) is 5.26 Å². The van der Waals surface area contributed by atoms with Gasteiger partial charge in [0.25, 0.3) is 5.69 Å². The van der Waals surface area contributed by atoms with Crippen LogP contribution in [-0.4, -0.2) is 23.2 Å². The minimum Gasteiger partial charge on any atom is -0.455 e. The van der Waals surface area contributed by atoms with Crippen molar-refractivity contribution in [2.45, 2.75) is 13.5 Å². The zero-order valence-electron chi connectivity index (χ0n) is 16.0. The third-order valence-electron chi connectivity index (χ3n) is 4.06. The van der Waals surface area contributed by atoms with E-state index < -0.39 is 4.92 Å². The molecule has 10 heteroatoms. The summed E-state index contributed by atoms with van der Waals surface area (Å²) in [5, 5.41) is 24.5. The van der Waals surface area contributed by atoms with Crippen molar-refractivity contribution in [2.24, 2.45) is 5.10 Å². The van der Waals surface area contributed by atoms with Crippen LogP contribution in [0.3, 0.4) is 0 Å². The lowest BCUT2D eigenvalue weighted by atomic mass is 10.1. The maximum Gasteiger partial charge on any atom is 0.270 e. The number of non-ortho nitro benzene ring substituents is 1. The molecule has 1 aromatic carbocycles. The van der Waals surface area contributed by atoms with Crippen molar-refractivity contribution >= 4 is 29.3 Å². The Balaban J connectivity index is 1.79. The number of halogens is 1. The number of nitrogens with zero attached hydrogens (tertiary/aromatic N) is 4. The van der Waals surface area contributed by atoms with E-state index in [0.717, 1.165) is 0 Å². The fourth-order valence-corrected chi connectivity index (χ4v) is 3.03. The van der Waals surface area contributed by atoms with Crippen LogP contribution in [0, 0.1) is 28.4 Å². The molecule has 152 valence electrons. The van der Waals surface area contributed by atoms with E-state index in [1.54, 1.807) is 25.3 Å². The Morgan fingerprint density at radius 1 is 1.40 bits per heavy atom. The van der Waals surface area contributed by atoms with Gasteiger partial charge in [0.2, 0.25) is 0 Å². The van der Waals surface area contributed by atoms with Crippen LogP contribution in [0.4, 0.5) is 11.5 Å². The highest BCUT2D eigenvalue weighted by molar-refractivity contribution is 6.33. The molecule has 0 saturated carbocycles. The molecule has 0 saturated heterocycles. The van der Waals surface area contributed by atoms with Crippen LogP contribution in [0.1, 0.15) is 22.6 Å². The normalized spacial score (nSPS) is 10.9. The number of aryl methyl sites for hydroxylation is 1. The second-order valence-corrected chi connectivity index (χ2v) is 6.59. The number of nitriles is 1. The molecular formula is C20H16ClN5O4. The Morgan fingerprint density at radius 3 is 2.87 bits per heavy atom. The number of nitro groups is 1. The van der Waals surface area contributed by atoms with Crippen molar-refractivity contribution in [2.75, 3.05) is 12.5 Å². The number of nitro benzene ring substituents is 1. The van der Waals surface area contributed by atoms with Crippen molar-refractivity contribution in [3.63, 3.8) is 0 Å². The average Bonchev–Trinajstić information content (AvgIpc) is 3.16. The first-order chi connectivity index (χ1) is 14.4. The summed E-state index contributed by atoms with van der Waals surface area (Å²) in [5.41, 5.74) is 4.93. The lowest BCUT2D eigenvalue weighted by molar-refractivity contribution is -0.384. The lowest BCUT2D eigenvalue weighted by Crippen LogP contribution is -2.03. The molecule has 0 fully saturated rings. The van der Waals surface area contributed by atoms with E-state index in [1.165, 1.54) is 24.4 Å². The van der Waals surface area contributed by atoms with Crippen LogP contribution < -0.4 is 5.43 Å². The molecule has 3 aromatic rings. The summed E-state index contributed by atoms with van der Waals surface area (Å²) in [5.74, 6) is 1.16. The maximum absolute atomic E-state index is 10.8. The SMILES string of the molecule is COCc1cc(C)nc(NN=Cc2ccc(-c3ccc([N+](=O)[O-])cc3Cl)o2)c1C#N. The van der Waals surface area contributed by atoms with Gasteiger partial charge >= 0.3 is 0 Å². The fourth-order valence-electron chi connectivity index (χ4n) is 2.76. The molecule has 0 aliphatic carbocycles. The van der Waals surface area contributed by atoms with Gasteiger partial charge in [0.1, 0.15) is 23.2 Å². The highest BCUT2D eigenvalue weighted by atomic mass is 35.5. The summed E-state index contributed by atoms with van der Waals surface area (Å²) in [6, 6.07) is 11.4. The van der Waals surface area contributed by atoms with E-state index in [-0.39, 0.29) is 17.3 Å². The van der Waals surface area contributed by atoms with E-state index in [0.29, 0.717) is 39.7 Å². The topological polar surface area (TPSA) is 127 Å². The fraction of sp³-hybridized carbons (Fsp3) is 0.150. The molecule has 3 rings (SSSR count). The molecule has 0 atom stereocenters. The lowest BCUT2D eigenvalue weighted by Gasteiger charge is -2.08. The molecule has 9 nitrogen and oxygen atoms in total. The van der Waals surface area contributed by atoms with Crippen LogP contribution >= 0.6 is 11.6 Å². The quantitative estimate of drug-likeness (QED) is 0.331. The number of hydrazone groups is 1. The van der Waals surface area contributed by atoms with Gasteiger partial charge in [0.05, 0.1) is 22.8 Å². The van der Waals surface area contributed by atoms with E-state index in [4.69, 9.17) is 20.8 Å². The van der Waals surface area contributed by atoms with Gasteiger partial charge in [-0.15, -0.1) is 0 Å². The van der Waals surface area contributed by atoms with Gasteiger partial charge in [-0.1, -0.05) is 11.6 Å². The average molecular weight is 426 g/mol. The molecule has 0 bridgehead atoms. The second-order valence-electron chi connectivity index (χ2n) is 6.18. The van der Waals surface area contributed by atoms with Crippen LogP contribution in [0.25, 0.3) is 11.3 Å². The van der Waals surface area contributed by atoms with Gasteiger partial charge in [-0.05, 0) is 31.2 Å². The van der Waals surface area contributed by atoms with Gasteiger partial charge in [0.15, 0.2) is 5.82 Å². The van der Waals surface area contributed by atoms with E-state index in [2.05, 4.69) is 21.6 Å². The number of hydrogen-bond acceptors (Lipinski definition) is 8. The molecule has 0 spiro atoms. The number of rotatable bonds is 7. The van der Waals surface area contributed by atoms with Gasteiger partial charge in [-0.25, -0.2) is 4.98 Å². The zero-order valence-corrected chi connectivity index (χ0v) is 16.8. The number of methoxy groups -OCH3 is 1. The third-order valence-corrected chi connectivity index (χ3v) is 4.37. The van der Waals surface area contributed by atoms with E-state index in [1.807, 2.05) is 6.92 Å². The molecule has 0 aliphatic rings. The highest BCUT2D eigenvalue weighted by Crippen LogP contribution is 2.32. The Labute approximate surface area is 176 Å². The monoisotopic (exact) mass is 425 g/mol. The third kappa shape index (κ3) is 4.63. The first-order valence-corrected chi connectivity index (χ1v) is 9.03. The van der Waals surface area contributed by atoms with Gasteiger partial charge in [-0.2, -0.15) is 10.4 Å². The molecule has 2 aromatic heterocycles. The smallest absolute Gasteiger partial charge is 0.270 e. The molecular weight excluding hydrogens is 410 g/mol. The standard InChI is InChI=1S/C20H16ClN5O4/c1-12-7-13(11-29-2)17(9-22)20(24-12)25-23-10-15-4-6-19(30-15)16-5-3-14(26(27)28)8-18(16)21/h3-8,10H,11H2,1-2H3,(H,24,25). The Bertz CT molecular complexity index is 1170. The summed E-state index contributed by atoms with van der Waals surface area (Å²) in [6.45, 7) is 2.09. The second kappa shape index (κ2) is 9.17. The number of aromatic nitrogens is 1. The van der Waals surface area contributed by atoms with Crippen LogP contribution in [0.5, 0.6) is 0 Å². The maximum atomic E-state index is 10.8.